The number of rotatable bonds is 11. The maximum atomic E-state index is 13.8. The largest absolute Gasteiger partial charge is 0.483 e. The molecule has 2 amide bonds. The molecule has 0 aliphatic rings. The lowest BCUT2D eigenvalue weighted by atomic mass is 9.86. The average Bonchev–Trinajstić information content (AvgIpc) is 2.90. The molecule has 0 heterocycles. The van der Waals surface area contributed by atoms with E-state index in [9.17, 15) is 14.0 Å². The first-order valence-corrected chi connectivity index (χ1v) is 13.2. The van der Waals surface area contributed by atoms with Crippen LogP contribution in [0.4, 0.5) is 4.39 Å². The van der Waals surface area contributed by atoms with Gasteiger partial charge in [0.1, 0.15) is 17.6 Å². The van der Waals surface area contributed by atoms with Crippen molar-refractivity contribution >= 4 is 11.8 Å². The van der Waals surface area contributed by atoms with E-state index in [-0.39, 0.29) is 42.2 Å². The summed E-state index contributed by atoms with van der Waals surface area (Å²) in [5.74, 6) is -0.269. The van der Waals surface area contributed by atoms with E-state index in [0.29, 0.717) is 12.2 Å². The molecule has 3 aromatic carbocycles. The third-order valence-corrected chi connectivity index (χ3v) is 6.58. The van der Waals surface area contributed by atoms with Crippen molar-refractivity contribution in [1.82, 2.24) is 10.2 Å². The molecule has 38 heavy (non-hydrogen) atoms. The lowest BCUT2D eigenvalue weighted by Crippen LogP contribution is -2.53. The number of hydrogen-bond donors (Lipinski definition) is 1. The summed E-state index contributed by atoms with van der Waals surface area (Å²) in [6, 6.07) is 22.5. The van der Waals surface area contributed by atoms with Crippen molar-refractivity contribution in [2.45, 2.75) is 71.5 Å². The minimum Gasteiger partial charge on any atom is -0.483 e. The highest BCUT2D eigenvalue weighted by Gasteiger charge is 2.31. The van der Waals surface area contributed by atoms with E-state index in [4.69, 9.17) is 4.74 Å². The molecule has 2 unspecified atom stereocenters. The number of para-hydroxylation sites is 1. The van der Waals surface area contributed by atoms with Gasteiger partial charge in [-0.25, -0.2) is 4.39 Å². The van der Waals surface area contributed by atoms with E-state index in [1.807, 2.05) is 68.4 Å². The van der Waals surface area contributed by atoms with Gasteiger partial charge in [-0.15, -0.1) is 0 Å². The van der Waals surface area contributed by atoms with Crippen molar-refractivity contribution in [2.24, 2.45) is 0 Å². The summed E-state index contributed by atoms with van der Waals surface area (Å²) in [6.07, 6.45) is 1.11. The second-order valence-corrected chi connectivity index (χ2v) is 10.7. The highest BCUT2D eigenvalue weighted by molar-refractivity contribution is 5.88. The van der Waals surface area contributed by atoms with E-state index in [0.717, 1.165) is 23.1 Å². The molecule has 0 bridgehead atoms. The van der Waals surface area contributed by atoms with E-state index in [1.54, 1.807) is 17.0 Å². The first-order valence-electron chi connectivity index (χ1n) is 13.2. The van der Waals surface area contributed by atoms with Gasteiger partial charge in [0.2, 0.25) is 5.91 Å². The summed E-state index contributed by atoms with van der Waals surface area (Å²) in [7, 11) is 0. The number of ether oxygens (including phenoxy) is 1. The van der Waals surface area contributed by atoms with E-state index >= 15 is 0 Å². The van der Waals surface area contributed by atoms with Gasteiger partial charge in [0.25, 0.3) is 5.91 Å². The van der Waals surface area contributed by atoms with E-state index in [1.165, 1.54) is 12.1 Å². The number of benzene rings is 3. The standard InChI is InChI=1S/C32H39FN2O3/c1-6-23(2)34-31(37)28(20-24-12-8-7-9-13-24)35(21-25-16-18-26(33)19-17-25)30(36)22-38-29-15-11-10-14-27(29)32(3,4)5/h7-19,23,28H,6,20-22H2,1-5H3,(H,34,37). The summed E-state index contributed by atoms with van der Waals surface area (Å²) >= 11 is 0. The molecule has 0 aliphatic carbocycles. The Morgan fingerprint density at radius 1 is 0.921 bits per heavy atom. The molecule has 0 spiro atoms. The molecule has 6 heteroatoms. The van der Waals surface area contributed by atoms with Crippen molar-refractivity contribution in [1.29, 1.82) is 0 Å². The Bertz CT molecular complexity index is 1190. The number of hydrogen-bond acceptors (Lipinski definition) is 3. The van der Waals surface area contributed by atoms with Crippen LogP contribution in [0.15, 0.2) is 78.9 Å². The highest BCUT2D eigenvalue weighted by Crippen LogP contribution is 2.31. The van der Waals surface area contributed by atoms with Crippen LogP contribution in [0.3, 0.4) is 0 Å². The average molecular weight is 519 g/mol. The third-order valence-electron chi connectivity index (χ3n) is 6.58. The summed E-state index contributed by atoms with van der Waals surface area (Å²) in [4.78, 5) is 28.9. The van der Waals surface area contributed by atoms with Crippen LogP contribution < -0.4 is 10.1 Å². The topological polar surface area (TPSA) is 58.6 Å². The minimum atomic E-state index is -0.773. The maximum absolute atomic E-state index is 13.8. The summed E-state index contributed by atoms with van der Waals surface area (Å²) in [5.41, 5.74) is 2.49. The Labute approximate surface area is 226 Å². The molecule has 0 saturated heterocycles. The first-order chi connectivity index (χ1) is 18.1. The fourth-order valence-electron chi connectivity index (χ4n) is 4.22. The highest BCUT2D eigenvalue weighted by atomic mass is 19.1. The molecular formula is C32H39FN2O3. The van der Waals surface area contributed by atoms with Crippen LogP contribution in [0.25, 0.3) is 0 Å². The molecule has 1 N–H and O–H groups in total. The maximum Gasteiger partial charge on any atom is 0.261 e. The normalized spacial score (nSPS) is 12.9. The second kappa shape index (κ2) is 13.2. The van der Waals surface area contributed by atoms with Gasteiger partial charge in [-0.2, -0.15) is 0 Å². The van der Waals surface area contributed by atoms with Crippen LogP contribution in [0, 0.1) is 5.82 Å². The summed E-state index contributed by atoms with van der Waals surface area (Å²) < 4.78 is 19.7. The van der Waals surface area contributed by atoms with Crippen LogP contribution in [0.1, 0.15) is 57.7 Å². The number of amides is 2. The van der Waals surface area contributed by atoms with Crippen LogP contribution in [-0.2, 0) is 28.0 Å². The van der Waals surface area contributed by atoms with E-state index in [2.05, 4.69) is 26.1 Å². The van der Waals surface area contributed by atoms with Crippen LogP contribution in [0.5, 0.6) is 5.75 Å². The lowest BCUT2D eigenvalue weighted by Gasteiger charge is -2.32. The van der Waals surface area contributed by atoms with Crippen molar-refractivity contribution in [3.05, 3.63) is 101 Å². The van der Waals surface area contributed by atoms with Crippen molar-refractivity contribution in [3.8, 4) is 5.75 Å². The molecule has 0 aromatic heterocycles. The van der Waals surface area contributed by atoms with Crippen molar-refractivity contribution in [3.63, 3.8) is 0 Å². The van der Waals surface area contributed by atoms with Crippen molar-refractivity contribution < 1.29 is 18.7 Å². The molecule has 202 valence electrons. The minimum absolute atomic E-state index is 0.0431. The molecule has 2 atom stereocenters. The quantitative estimate of drug-likeness (QED) is 0.336. The fourth-order valence-corrected chi connectivity index (χ4v) is 4.22. The van der Waals surface area contributed by atoms with Gasteiger partial charge >= 0.3 is 0 Å². The van der Waals surface area contributed by atoms with Gasteiger partial charge in [0.15, 0.2) is 6.61 Å². The summed E-state index contributed by atoms with van der Waals surface area (Å²) in [5, 5.41) is 3.05. The molecule has 0 fully saturated rings. The van der Waals surface area contributed by atoms with Gasteiger partial charge < -0.3 is 15.0 Å². The number of carbonyl (C=O) groups excluding carboxylic acids is 2. The molecule has 3 rings (SSSR count). The van der Waals surface area contributed by atoms with Gasteiger partial charge in [-0.1, -0.05) is 88.4 Å². The molecular weight excluding hydrogens is 479 g/mol. The van der Waals surface area contributed by atoms with Crippen LogP contribution >= 0.6 is 0 Å². The Balaban J connectivity index is 1.94. The molecule has 0 radical (unpaired) electrons. The second-order valence-electron chi connectivity index (χ2n) is 10.7. The molecule has 0 saturated carbocycles. The van der Waals surface area contributed by atoms with Crippen LogP contribution in [0.2, 0.25) is 0 Å². The lowest BCUT2D eigenvalue weighted by molar-refractivity contribution is -0.143. The van der Waals surface area contributed by atoms with Crippen LogP contribution in [-0.4, -0.2) is 35.4 Å². The molecule has 0 aliphatic heterocycles. The SMILES string of the molecule is CCC(C)NC(=O)C(Cc1ccccc1)N(Cc1ccc(F)cc1)C(=O)COc1ccccc1C(C)(C)C. The number of nitrogens with zero attached hydrogens (tertiary/aromatic N) is 1. The van der Waals surface area contributed by atoms with E-state index < -0.39 is 6.04 Å². The zero-order valence-electron chi connectivity index (χ0n) is 23.0. The Hall–Kier alpha value is -3.67. The zero-order valence-corrected chi connectivity index (χ0v) is 23.0. The number of halogens is 1. The van der Waals surface area contributed by atoms with Crippen molar-refractivity contribution in [2.75, 3.05) is 6.61 Å². The monoisotopic (exact) mass is 518 g/mol. The first kappa shape index (κ1) is 28.9. The predicted octanol–water partition coefficient (Wildman–Crippen LogP) is 6.06. The van der Waals surface area contributed by atoms with Gasteiger partial charge in [0.05, 0.1) is 0 Å². The number of carbonyl (C=O) groups is 2. The fraction of sp³-hybridized carbons (Fsp3) is 0.375. The smallest absolute Gasteiger partial charge is 0.261 e. The number of nitrogens with one attached hydrogen (secondary N) is 1. The summed E-state index contributed by atoms with van der Waals surface area (Å²) in [6.45, 7) is 10.1. The Morgan fingerprint density at radius 3 is 2.18 bits per heavy atom. The van der Waals surface area contributed by atoms with Gasteiger partial charge in [-0.3, -0.25) is 9.59 Å². The molecule has 5 nitrogen and oxygen atoms in total. The third kappa shape index (κ3) is 8.17. The Kier molecular flexibility index (Phi) is 10.1. The molecule has 3 aromatic rings. The Morgan fingerprint density at radius 2 is 1.55 bits per heavy atom. The van der Waals surface area contributed by atoms with Gasteiger partial charge in [0, 0.05) is 19.0 Å². The zero-order chi connectivity index (χ0) is 27.7. The predicted molar refractivity (Wildman–Crippen MR) is 149 cm³/mol. The van der Waals surface area contributed by atoms with Gasteiger partial charge in [-0.05, 0) is 53.6 Å².